The van der Waals surface area contributed by atoms with Crippen LogP contribution in [-0.2, 0) is 0 Å². The van der Waals surface area contributed by atoms with E-state index in [0.717, 1.165) is 0 Å². The third-order valence-corrected chi connectivity index (χ3v) is 0.800. The highest BCUT2D eigenvalue weighted by Crippen LogP contribution is 1.98. The first-order valence-electron chi connectivity index (χ1n) is 2.27. The molecule has 1 unspecified atom stereocenters. The van der Waals surface area contributed by atoms with Crippen LogP contribution in [0.2, 0.25) is 0 Å². The van der Waals surface area contributed by atoms with Crippen LogP contribution in [0.5, 0.6) is 0 Å². The summed E-state index contributed by atoms with van der Waals surface area (Å²) in [5.41, 5.74) is 5.20. The summed E-state index contributed by atoms with van der Waals surface area (Å²) in [5.74, 6) is 0. The maximum Gasteiger partial charge on any atom is 0.0956 e. The molecule has 45 valence electrons. The minimum atomic E-state index is -0.743. The summed E-state index contributed by atoms with van der Waals surface area (Å²) in [6.45, 7) is 6.69. The van der Waals surface area contributed by atoms with Crippen LogP contribution in [-0.4, -0.2) is 11.2 Å². The van der Waals surface area contributed by atoms with Gasteiger partial charge in [-0.15, -0.1) is 13.2 Å². The van der Waals surface area contributed by atoms with Gasteiger partial charge in [-0.3, -0.25) is 0 Å². The third-order valence-electron chi connectivity index (χ3n) is 0.800. The van der Waals surface area contributed by atoms with Crippen molar-refractivity contribution in [2.45, 2.75) is 6.10 Å². The number of hydrogen-bond donors (Lipinski definition) is 2. The van der Waals surface area contributed by atoms with E-state index in [9.17, 15) is 0 Å². The fraction of sp³-hybridized carbons (Fsp3) is 0.167. The molecule has 1 atom stereocenters. The molecule has 0 bridgehead atoms. The maximum absolute atomic E-state index is 8.78. The van der Waals surface area contributed by atoms with Crippen LogP contribution in [0, 0.1) is 6.04 Å². The zero-order chi connectivity index (χ0) is 6.57. The Morgan fingerprint density at radius 2 is 2.12 bits per heavy atom. The van der Waals surface area contributed by atoms with Gasteiger partial charge in [-0.25, -0.2) is 0 Å². The van der Waals surface area contributed by atoms with Crippen molar-refractivity contribution >= 4 is 0 Å². The van der Waals surface area contributed by atoms with Crippen molar-refractivity contribution < 1.29 is 5.11 Å². The van der Waals surface area contributed by atoms with Crippen LogP contribution >= 0.6 is 0 Å². The van der Waals surface area contributed by atoms with Gasteiger partial charge in [-0.05, 0) is 0 Å². The second-order valence-electron chi connectivity index (χ2n) is 1.38. The molecule has 8 heavy (non-hydrogen) atoms. The van der Waals surface area contributed by atoms with Gasteiger partial charge in [0.05, 0.1) is 12.1 Å². The van der Waals surface area contributed by atoms with E-state index in [1.54, 1.807) is 0 Å². The number of hydrogen-bond acceptors (Lipinski definition) is 2. The fourth-order valence-corrected chi connectivity index (χ4v) is 0.257. The molecular weight excluding hydrogens is 102 g/mol. The summed E-state index contributed by atoms with van der Waals surface area (Å²) >= 11 is 0. The van der Waals surface area contributed by atoms with E-state index < -0.39 is 6.10 Å². The molecule has 0 aromatic heterocycles. The zero-order valence-corrected chi connectivity index (χ0v) is 4.67. The molecule has 0 aromatic rings. The number of aliphatic hydroxyl groups is 1. The summed E-state index contributed by atoms with van der Waals surface area (Å²) in [7, 11) is 0. The minimum absolute atomic E-state index is 0.333. The summed E-state index contributed by atoms with van der Waals surface area (Å²) in [4.78, 5) is 0. The van der Waals surface area contributed by atoms with Crippen molar-refractivity contribution in [3.8, 4) is 0 Å². The molecule has 0 aliphatic heterocycles. The Labute approximate surface area is 49.3 Å². The third kappa shape index (κ3) is 1.91. The van der Waals surface area contributed by atoms with Crippen molar-refractivity contribution in [3.63, 3.8) is 0 Å². The molecule has 0 saturated carbocycles. The number of aliphatic hydroxyl groups excluding tert-OH is 1. The van der Waals surface area contributed by atoms with E-state index >= 15 is 0 Å². The van der Waals surface area contributed by atoms with Crippen LogP contribution in [0.25, 0.3) is 0 Å². The van der Waals surface area contributed by atoms with E-state index in [-0.39, 0.29) is 0 Å². The molecule has 0 saturated heterocycles. The lowest BCUT2D eigenvalue weighted by Crippen LogP contribution is -2.21. The second kappa shape index (κ2) is 3.41. The first kappa shape index (κ1) is 7.40. The summed E-state index contributed by atoms with van der Waals surface area (Å²) in [6.07, 6.45) is 2.00. The van der Waals surface area contributed by atoms with Crippen molar-refractivity contribution in [2.24, 2.45) is 5.73 Å². The summed E-state index contributed by atoms with van der Waals surface area (Å²) < 4.78 is 0. The van der Waals surface area contributed by atoms with Gasteiger partial charge < -0.3 is 10.8 Å². The van der Waals surface area contributed by atoms with E-state index in [0.29, 0.717) is 6.04 Å². The van der Waals surface area contributed by atoms with Gasteiger partial charge in [0.1, 0.15) is 0 Å². The van der Waals surface area contributed by atoms with Gasteiger partial charge in [0, 0.05) is 0 Å². The lowest BCUT2D eigenvalue weighted by Gasteiger charge is -2.06. The molecule has 0 aromatic carbocycles. The minimum Gasteiger partial charge on any atom is -0.387 e. The molecule has 2 heteroatoms. The van der Waals surface area contributed by atoms with Gasteiger partial charge in [0.15, 0.2) is 0 Å². The topological polar surface area (TPSA) is 46.2 Å². The quantitative estimate of drug-likeness (QED) is 0.513. The molecule has 0 aliphatic rings. The highest BCUT2D eigenvalue weighted by molar-refractivity contribution is 5.11. The first-order chi connectivity index (χ1) is 3.72. The van der Waals surface area contributed by atoms with Crippen molar-refractivity contribution in [2.75, 3.05) is 0 Å². The van der Waals surface area contributed by atoms with E-state index in [1.165, 1.54) is 12.2 Å². The molecule has 0 spiro atoms. The SMILES string of the molecule is C=C[C](N)C(O)C=C. The molecule has 0 rings (SSSR count). The Balaban J connectivity index is 3.60. The van der Waals surface area contributed by atoms with Gasteiger partial charge in [0.2, 0.25) is 0 Å². The monoisotopic (exact) mass is 112 g/mol. The molecule has 1 radical (unpaired) electrons. The van der Waals surface area contributed by atoms with Crippen LogP contribution in [0.4, 0.5) is 0 Å². The Hall–Kier alpha value is -0.600. The van der Waals surface area contributed by atoms with E-state index in [2.05, 4.69) is 13.2 Å². The summed E-state index contributed by atoms with van der Waals surface area (Å²) in [6, 6.07) is 0.333. The first-order valence-corrected chi connectivity index (χ1v) is 2.27. The van der Waals surface area contributed by atoms with Crippen LogP contribution in [0.15, 0.2) is 25.3 Å². The molecule has 0 aliphatic carbocycles. The van der Waals surface area contributed by atoms with Gasteiger partial charge in [-0.1, -0.05) is 12.2 Å². The number of nitrogens with two attached hydrogens (primary N) is 1. The van der Waals surface area contributed by atoms with Gasteiger partial charge >= 0.3 is 0 Å². The Bertz CT molecular complexity index is 78.5. The lowest BCUT2D eigenvalue weighted by molar-refractivity contribution is 0.241. The lowest BCUT2D eigenvalue weighted by atomic mass is 10.2. The van der Waals surface area contributed by atoms with Crippen molar-refractivity contribution in [1.82, 2.24) is 0 Å². The smallest absolute Gasteiger partial charge is 0.0956 e. The second-order valence-corrected chi connectivity index (χ2v) is 1.38. The maximum atomic E-state index is 8.78. The highest BCUT2D eigenvalue weighted by Gasteiger charge is 2.05. The summed E-state index contributed by atoms with van der Waals surface area (Å²) in [5, 5.41) is 8.78. The molecule has 0 amide bonds. The average molecular weight is 112 g/mol. The van der Waals surface area contributed by atoms with E-state index in [4.69, 9.17) is 10.8 Å². The Kier molecular flexibility index (Phi) is 3.15. The predicted molar refractivity (Wildman–Crippen MR) is 33.8 cm³/mol. The molecular formula is C6H10NO. The Morgan fingerprint density at radius 1 is 1.62 bits per heavy atom. The standard InChI is InChI=1S/C6H10NO/c1-3-5(7)6(8)4-2/h3-4,6,8H,1-2,7H2. The average Bonchev–Trinajstić information content (AvgIpc) is 1.84. The number of rotatable bonds is 3. The molecule has 2 nitrogen and oxygen atoms in total. The van der Waals surface area contributed by atoms with Crippen LogP contribution in [0.3, 0.4) is 0 Å². The normalized spacial score (nSPS) is 13.4. The Morgan fingerprint density at radius 3 is 2.25 bits per heavy atom. The molecule has 0 heterocycles. The largest absolute Gasteiger partial charge is 0.387 e. The fourth-order valence-electron chi connectivity index (χ4n) is 0.257. The highest BCUT2D eigenvalue weighted by atomic mass is 16.3. The van der Waals surface area contributed by atoms with E-state index in [1.807, 2.05) is 0 Å². The van der Waals surface area contributed by atoms with Crippen LogP contribution < -0.4 is 5.73 Å². The van der Waals surface area contributed by atoms with Crippen molar-refractivity contribution in [3.05, 3.63) is 31.4 Å². The van der Waals surface area contributed by atoms with Gasteiger partial charge in [-0.2, -0.15) is 0 Å². The molecule has 0 fully saturated rings. The van der Waals surface area contributed by atoms with Crippen LogP contribution in [0.1, 0.15) is 0 Å². The van der Waals surface area contributed by atoms with Gasteiger partial charge in [0.25, 0.3) is 0 Å². The molecule has 3 N–H and O–H groups in total. The van der Waals surface area contributed by atoms with Crippen molar-refractivity contribution in [1.29, 1.82) is 0 Å². The predicted octanol–water partition coefficient (Wildman–Crippen LogP) is 0.210. The zero-order valence-electron chi connectivity index (χ0n) is 4.67.